The number of nitrogens with zero attached hydrogens (tertiary/aromatic N) is 1. The summed E-state index contributed by atoms with van der Waals surface area (Å²) in [5, 5.41) is 11.8. The van der Waals surface area contributed by atoms with Gasteiger partial charge in [-0.15, -0.1) is 0 Å². The zero-order chi connectivity index (χ0) is 16.5. The molecule has 4 N–H and O–H groups in total. The van der Waals surface area contributed by atoms with Crippen molar-refractivity contribution in [2.45, 2.75) is 63.8 Å². The first-order valence-corrected chi connectivity index (χ1v) is 8.33. The number of aromatic nitrogens is 3. The van der Waals surface area contributed by atoms with Crippen LogP contribution in [0.25, 0.3) is 0 Å². The van der Waals surface area contributed by atoms with Crippen LogP contribution in [0.1, 0.15) is 57.2 Å². The van der Waals surface area contributed by atoms with Gasteiger partial charge in [-0.2, -0.15) is 5.10 Å². The fourth-order valence-corrected chi connectivity index (χ4v) is 2.78. The number of nitrogens with one attached hydrogen (secondary N) is 4. The molecule has 2 rings (SSSR count). The Morgan fingerprint density at radius 3 is 2.43 bits per heavy atom. The summed E-state index contributed by atoms with van der Waals surface area (Å²) in [5.41, 5.74) is -0.360. The van der Waals surface area contributed by atoms with Gasteiger partial charge in [0.15, 0.2) is 0 Å². The van der Waals surface area contributed by atoms with Gasteiger partial charge in [0.1, 0.15) is 5.82 Å². The SMILES string of the molecule is O=C(CCC(=O)NC1CCCCCC1)NCCc1n[nH]c(=O)[nH]1. The molecule has 0 aromatic carbocycles. The lowest BCUT2D eigenvalue weighted by atomic mass is 10.1. The number of hydrogen-bond donors (Lipinski definition) is 4. The topological polar surface area (TPSA) is 120 Å². The van der Waals surface area contributed by atoms with Gasteiger partial charge in [-0.25, -0.2) is 9.89 Å². The van der Waals surface area contributed by atoms with Crippen LogP contribution in [-0.4, -0.2) is 39.6 Å². The van der Waals surface area contributed by atoms with E-state index in [0.717, 1.165) is 12.8 Å². The highest BCUT2D eigenvalue weighted by Gasteiger charge is 2.15. The van der Waals surface area contributed by atoms with Crippen molar-refractivity contribution in [1.82, 2.24) is 25.8 Å². The Hall–Kier alpha value is -2.12. The Labute approximate surface area is 134 Å². The van der Waals surface area contributed by atoms with Crippen molar-refractivity contribution in [2.75, 3.05) is 6.54 Å². The first-order chi connectivity index (χ1) is 11.1. The Morgan fingerprint density at radius 2 is 1.78 bits per heavy atom. The summed E-state index contributed by atoms with van der Waals surface area (Å²) in [5.74, 6) is 0.281. The molecule has 1 saturated carbocycles. The van der Waals surface area contributed by atoms with E-state index in [2.05, 4.69) is 25.8 Å². The molecule has 0 spiro atoms. The van der Waals surface area contributed by atoms with Crippen molar-refractivity contribution in [2.24, 2.45) is 0 Å². The Morgan fingerprint density at radius 1 is 1.09 bits per heavy atom. The van der Waals surface area contributed by atoms with Crippen LogP contribution in [0.4, 0.5) is 0 Å². The predicted molar refractivity (Wildman–Crippen MR) is 84.8 cm³/mol. The molecule has 1 fully saturated rings. The summed E-state index contributed by atoms with van der Waals surface area (Å²) < 4.78 is 0. The summed E-state index contributed by atoms with van der Waals surface area (Å²) >= 11 is 0. The van der Waals surface area contributed by atoms with Crippen molar-refractivity contribution in [1.29, 1.82) is 0 Å². The van der Waals surface area contributed by atoms with E-state index in [1.807, 2.05) is 0 Å². The summed E-state index contributed by atoms with van der Waals surface area (Å²) in [6, 6.07) is 0.268. The average molecular weight is 323 g/mol. The standard InChI is InChI=1S/C15H25N5O3/c21-13(16-10-9-12-18-15(23)20-19-12)7-8-14(22)17-11-5-3-1-2-4-6-11/h11H,1-10H2,(H,16,21)(H,17,22)(H2,18,19,20,23). The molecule has 0 aliphatic heterocycles. The van der Waals surface area contributed by atoms with Crippen molar-refractivity contribution in [3.05, 3.63) is 16.3 Å². The first-order valence-electron chi connectivity index (χ1n) is 8.33. The molecule has 1 aromatic heterocycles. The van der Waals surface area contributed by atoms with Gasteiger partial charge in [0.2, 0.25) is 11.8 Å². The van der Waals surface area contributed by atoms with E-state index in [1.165, 1.54) is 25.7 Å². The van der Waals surface area contributed by atoms with Crippen LogP contribution in [0, 0.1) is 0 Å². The number of carbonyl (C=O) groups excluding carboxylic acids is 2. The molecule has 8 nitrogen and oxygen atoms in total. The maximum absolute atomic E-state index is 11.9. The Balaban J connectivity index is 1.57. The number of H-pyrrole nitrogens is 2. The second-order valence-electron chi connectivity index (χ2n) is 5.98. The maximum atomic E-state index is 11.9. The fraction of sp³-hybridized carbons (Fsp3) is 0.733. The average Bonchev–Trinajstić information content (AvgIpc) is 2.77. The van der Waals surface area contributed by atoms with Crippen LogP contribution in [-0.2, 0) is 16.0 Å². The highest BCUT2D eigenvalue weighted by atomic mass is 16.2. The molecule has 128 valence electrons. The number of carbonyl (C=O) groups is 2. The molecule has 0 saturated heterocycles. The molecular weight excluding hydrogens is 298 g/mol. The van der Waals surface area contributed by atoms with E-state index < -0.39 is 0 Å². The van der Waals surface area contributed by atoms with Crippen molar-refractivity contribution in [3.63, 3.8) is 0 Å². The first kappa shape index (κ1) is 17.2. The van der Waals surface area contributed by atoms with Gasteiger partial charge in [-0.05, 0) is 12.8 Å². The smallest absolute Gasteiger partial charge is 0.340 e. The van der Waals surface area contributed by atoms with Crippen LogP contribution in [0.15, 0.2) is 4.79 Å². The fourth-order valence-electron chi connectivity index (χ4n) is 2.78. The molecule has 1 aliphatic carbocycles. The molecule has 1 heterocycles. The van der Waals surface area contributed by atoms with E-state index >= 15 is 0 Å². The summed E-state index contributed by atoms with van der Waals surface area (Å²) in [7, 11) is 0. The van der Waals surface area contributed by atoms with Crippen LogP contribution in [0.2, 0.25) is 0 Å². The van der Waals surface area contributed by atoms with Crippen LogP contribution in [0.5, 0.6) is 0 Å². The Bertz CT molecular complexity index is 557. The van der Waals surface area contributed by atoms with Gasteiger partial charge in [0, 0.05) is 31.8 Å². The van der Waals surface area contributed by atoms with Gasteiger partial charge in [-0.3, -0.25) is 14.6 Å². The van der Waals surface area contributed by atoms with Gasteiger partial charge in [0.25, 0.3) is 0 Å². The monoisotopic (exact) mass is 323 g/mol. The minimum Gasteiger partial charge on any atom is -0.356 e. The lowest BCUT2D eigenvalue weighted by molar-refractivity contribution is -0.126. The van der Waals surface area contributed by atoms with Crippen molar-refractivity contribution >= 4 is 11.8 Å². The van der Waals surface area contributed by atoms with Crippen LogP contribution in [0.3, 0.4) is 0 Å². The highest BCUT2D eigenvalue weighted by molar-refractivity contribution is 5.83. The van der Waals surface area contributed by atoms with Crippen LogP contribution < -0.4 is 16.3 Å². The molecule has 1 aliphatic rings. The molecule has 0 atom stereocenters. The van der Waals surface area contributed by atoms with Gasteiger partial charge >= 0.3 is 5.69 Å². The van der Waals surface area contributed by atoms with E-state index in [1.54, 1.807) is 0 Å². The van der Waals surface area contributed by atoms with Crippen molar-refractivity contribution < 1.29 is 9.59 Å². The zero-order valence-corrected chi connectivity index (χ0v) is 13.3. The molecule has 0 bridgehead atoms. The quantitative estimate of drug-likeness (QED) is 0.542. The van der Waals surface area contributed by atoms with E-state index in [-0.39, 0.29) is 36.4 Å². The number of aromatic amines is 2. The second kappa shape index (κ2) is 9.12. The molecule has 1 aromatic rings. The minimum absolute atomic E-state index is 0.0521. The molecule has 2 amide bonds. The number of hydrogen-bond acceptors (Lipinski definition) is 4. The van der Waals surface area contributed by atoms with Gasteiger partial charge in [0.05, 0.1) is 0 Å². The Kier molecular flexibility index (Phi) is 6.83. The van der Waals surface area contributed by atoms with Gasteiger partial charge in [-0.1, -0.05) is 25.7 Å². The summed E-state index contributed by atoms with van der Waals surface area (Å²) in [6.07, 6.45) is 7.74. The predicted octanol–water partition coefficient (Wildman–Crippen LogP) is 0.376. The largest absolute Gasteiger partial charge is 0.356 e. The minimum atomic E-state index is -0.360. The normalized spacial score (nSPS) is 15.8. The molecule has 23 heavy (non-hydrogen) atoms. The second-order valence-corrected chi connectivity index (χ2v) is 5.98. The maximum Gasteiger partial charge on any atom is 0.340 e. The third-order valence-corrected chi connectivity index (χ3v) is 4.03. The lowest BCUT2D eigenvalue weighted by Crippen LogP contribution is -2.35. The molecular formula is C15H25N5O3. The summed E-state index contributed by atoms with van der Waals surface area (Å²) in [6.45, 7) is 0.379. The van der Waals surface area contributed by atoms with Crippen molar-refractivity contribution in [3.8, 4) is 0 Å². The van der Waals surface area contributed by atoms with Crippen LogP contribution >= 0.6 is 0 Å². The third-order valence-electron chi connectivity index (χ3n) is 4.03. The van der Waals surface area contributed by atoms with E-state index in [0.29, 0.717) is 18.8 Å². The number of amides is 2. The van der Waals surface area contributed by atoms with E-state index in [4.69, 9.17) is 0 Å². The van der Waals surface area contributed by atoms with E-state index in [9.17, 15) is 14.4 Å². The molecule has 0 unspecified atom stereocenters. The number of rotatable bonds is 7. The summed E-state index contributed by atoms with van der Waals surface area (Å²) in [4.78, 5) is 36.9. The molecule has 8 heteroatoms. The van der Waals surface area contributed by atoms with Gasteiger partial charge < -0.3 is 10.6 Å². The highest BCUT2D eigenvalue weighted by Crippen LogP contribution is 2.17. The lowest BCUT2D eigenvalue weighted by Gasteiger charge is -2.16. The zero-order valence-electron chi connectivity index (χ0n) is 13.3. The third kappa shape index (κ3) is 6.66. The molecule has 0 radical (unpaired) electrons.